The van der Waals surface area contributed by atoms with Gasteiger partial charge in [-0.15, -0.1) is 0 Å². The van der Waals surface area contributed by atoms with Crippen LogP contribution in [0.3, 0.4) is 0 Å². The van der Waals surface area contributed by atoms with E-state index in [1.54, 1.807) is 0 Å². The lowest BCUT2D eigenvalue weighted by molar-refractivity contribution is 0.00578. The summed E-state index contributed by atoms with van der Waals surface area (Å²) in [7, 11) is -0.411. The van der Waals surface area contributed by atoms with Crippen molar-refractivity contribution in [3.05, 3.63) is 115 Å². The van der Waals surface area contributed by atoms with Gasteiger partial charge < -0.3 is 18.4 Å². The second kappa shape index (κ2) is 11.2. The second-order valence-corrected chi connectivity index (χ2v) is 12.7. The second-order valence-electron chi connectivity index (χ2n) is 12.7. The summed E-state index contributed by atoms with van der Waals surface area (Å²) in [5.74, 6) is 0. The van der Waals surface area contributed by atoms with Crippen LogP contribution in [-0.4, -0.2) is 33.2 Å². The topological polar surface area (TPSA) is 40.7 Å². The summed E-state index contributed by atoms with van der Waals surface area (Å²) in [6.45, 7) is 12.4. The highest BCUT2D eigenvalue weighted by atomic mass is 16.7. The van der Waals surface area contributed by atoms with E-state index in [1.807, 2.05) is 20.0 Å². The maximum absolute atomic E-state index is 6.43. The van der Waals surface area contributed by atoms with Crippen molar-refractivity contribution in [2.75, 3.05) is 0 Å². The van der Waals surface area contributed by atoms with Crippen molar-refractivity contribution in [3.8, 4) is 11.4 Å². The molecule has 0 radical (unpaired) electrons. The number of aliphatic imine (C=N–C) groups is 1. The number of para-hydroxylation sites is 1. The maximum atomic E-state index is 6.43. The molecule has 2 aliphatic rings. The largest absolute Gasteiger partial charge is 0.494 e. The van der Waals surface area contributed by atoms with Gasteiger partial charge in [0, 0.05) is 45.6 Å². The van der Waals surface area contributed by atoms with Crippen LogP contribution in [0.1, 0.15) is 59.9 Å². The Morgan fingerprint density at radius 2 is 1.44 bits per heavy atom. The molecule has 0 bridgehead atoms. The molecular formula is C39H40BN3O2. The van der Waals surface area contributed by atoms with Crippen LogP contribution in [0, 0.1) is 0 Å². The van der Waals surface area contributed by atoms with Gasteiger partial charge in [-0.25, -0.2) is 0 Å². The first-order valence-corrected chi connectivity index (χ1v) is 16.1. The molecule has 5 nitrogen and oxygen atoms in total. The maximum Gasteiger partial charge on any atom is 0.494 e. The average molecular weight is 594 g/mol. The third-order valence-corrected chi connectivity index (χ3v) is 9.50. The van der Waals surface area contributed by atoms with E-state index < -0.39 is 18.3 Å². The number of rotatable bonds is 4. The lowest BCUT2D eigenvalue weighted by Gasteiger charge is -2.32. The number of hydrogen-bond donors (Lipinski definition) is 0. The molecule has 226 valence electrons. The summed E-state index contributed by atoms with van der Waals surface area (Å²) < 4.78 is 17.6. The molecule has 0 atom stereocenters. The van der Waals surface area contributed by atoms with Gasteiger partial charge in [-0.2, -0.15) is 0 Å². The van der Waals surface area contributed by atoms with Crippen molar-refractivity contribution in [2.24, 2.45) is 4.99 Å². The fourth-order valence-electron chi connectivity index (χ4n) is 6.50. The van der Waals surface area contributed by atoms with Crippen molar-refractivity contribution in [3.63, 3.8) is 0 Å². The van der Waals surface area contributed by atoms with Gasteiger partial charge >= 0.3 is 7.12 Å². The normalized spacial score (nSPS) is 17.1. The van der Waals surface area contributed by atoms with Gasteiger partial charge in [0.1, 0.15) is 0 Å². The standard InChI is InChI=1S/C37H34BN3O2.C2H6/c1-36(2)37(3,4)43-38(42-36)26-16-18-34-31(24-26)29-17-19-33-30(35(29)41(34)27-12-6-5-7-13-27)20-22-40(33)28-14-10-11-25(23-28)32-15-8-9-21-39-32;1-2/h5-7,9-14,16-24H,8,15H2,1-4H3;1-2H3. The number of nitrogens with zero attached hydrogens (tertiary/aromatic N) is 3. The number of hydrogen-bond acceptors (Lipinski definition) is 3. The third-order valence-electron chi connectivity index (χ3n) is 9.50. The molecule has 0 amide bonds. The number of benzene rings is 4. The molecule has 45 heavy (non-hydrogen) atoms. The first-order chi connectivity index (χ1) is 21.8. The van der Waals surface area contributed by atoms with Crippen LogP contribution in [0.25, 0.3) is 44.1 Å². The van der Waals surface area contributed by atoms with Crippen molar-refractivity contribution >= 4 is 51.0 Å². The molecule has 1 saturated heterocycles. The van der Waals surface area contributed by atoms with Crippen molar-refractivity contribution in [1.29, 1.82) is 0 Å². The Hall–Kier alpha value is -4.39. The smallest absolute Gasteiger partial charge is 0.399 e. The zero-order chi connectivity index (χ0) is 31.3. The Morgan fingerprint density at radius 3 is 2.18 bits per heavy atom. The molecule has 0 spiro atoms. The van der Waals surface area contributed by atoms with E-state index in [0.29, 0.717) is 0 Å². The average Bonchev–Trinajstić information content (AvgIpc) is 3.71. The molecule has 0 N–H and O–H groups in total. The van der Waals surface area contributed by atoms with Gasteiger partial charge in [-0.05, 0) is 94.0 Å². The van der Waals surface area contributed by atoms with E-state index in [2.05, 4.69) is 145 Å². The lowest BCUT2D eigenvalue weighted by Crippen LogP contribution is -2.41. The van der Waals surface area contributed by atoms with Crippen molar-refractivity contribution < 1.29 is 9.31 Å². The first-order valence-electron chi connectivity index (χ1n) is 16.1. The Labute approximate surface area is 265 Å². The summed E-state index contributed by atoms with van der Waals surface area (Å²) in [6.07, 6.45) is 8.25. The molecule has 1 fully saturated rings. The quantitative estimate of drug-likeness (QED) is 0.191. The van der Waals surface area contributed by atoms with E-state index in [4.69, 9.17) is 9.31 Å². The monoisotopic (exact) mass is 593 g/mol. The molecule has 2 aliphatic heterocycles. The predicted octanol–water partition coefficient (Wildman–Crippen LogP) is 9.15. The Morgan fingerprint density at radius 1 is 0.711 bits per heavy atom. The molecule has 0 unspecified atom stereocenters. The number of fused-ring (bicyclic) bond motifs is 5. The van der Waals surface area contributed by atoms with E-state index in [0.717, 1.165) is 40.9 Å². The van der Waals surface area contributed by atoms with Gasteiger partial charge in [-0.3, -0.25) is 4.99 Å². The van der Waals surface area contributed by atoms with Crippen LogP contribution < -0.4 is 5.46 Å². The fraction of sp³-hybridized carbons (Fsp3) is 0.256. The SMILES string of the molecule is CC.CC1(C)OB(c2ccc3c(c2)c2ccc4c(ccn4-c4cccc(C5=NC=CCC5)c4)c2n3-c2ccccc2)OC1(C)C. The minimum atomic E-state index is -0.411. The Kier molecular flexibility index (Phi) is 7.30. The summed E-state index contributed by atoms with van der Waals surface area (Å²) in [5.41, 5.74) is 8.37. The minimum absolute atomic E-state index is 0.392. The van der Waals surface area contributed by atoms with Gasteiger partial charge in [0.2, 0.25) is 0 Å². The van der Waals surface area contributed by atoms with Crippen molar-refractivity contribution in [1.82, 2.24) is 9.13 Å². The third kappa shape index (κ3) is 4.84. The van der Waals surface area contributed by atoms with Crippen LogP contribution >= 0.6 is 0 Å². The molecule has 6 heteroatoms. The molecule has 8 rings (SSSR count). The zero-order valence-electron chi connectivity index (χ0n) is 27.0. The fourth-order valence-corrected chi connectivity index (χ4v) is 6.50. The van der Waals surface area contributed by atoms with Gasteiger partial charge in [0.15, 0.2) is 0 Å². The van der Waals surface area contributed by atoms with E-state index >= 15 is 0 Å². The number of allylic oxidation sites excluding steroid dienone is 1. The molecule has 0 aliphatic carbocycles. The predicted molar refractivity (Wildman–Crippen MR) is 190 cm³/mol. The van der Waals surface area contributed by atoms with Gasteiger partial charge in [0.25, 0.3) is 0 Å². The molecule has 6 aromatic rings. The highest BCUT2D eigenvalue weighted by Gasteiger charge is 2.51. The van der Waals surface area contributed by atoms with Crippen LogP contribution in [0.4, 0.5) is 0 Å². The van der Waals surface area contributed by atoms with E-state index in [-0.39, 0.29) is 0 Å². The van der Waals surface area contributed by atoms with Gasteiger partial charge in [0.05, 0.1) is 27.8 Å². The first kappa shape index (κ1) is 29.3. The van der Waals surface area contributed by atoms with Crippen LogP contribution in [-0.2, 0) is 9.31 Å². The highest BCUT2D eigenvalue weighted by Crippen LogP contribution is 2.39. The highest BCUT2D eigenvalue weighted by molar-refractivity contribution is 6.62. The molecule has 4 heterocycles. The van der Waals surface area contributed by atoms with Crippen molar-refractivity contribution in [2.45, 2.75) is 65.6 Å². The summed E-state index contributed by atoms with van der Waals surface area (Å²) in [4.78, 5) is 4.65. The Bertz CT molecular complexity index is 2080. The lowest BCUT2D eigenvalue weighted by atomic mass is 9.78. The van der Waals surface area contributed by atoms with Crippen LogP contribution in [0.2, 0.25) is 0 Å². The van der Waals surface area contributed by atoms with Crippen LogP contribution in [0.5, 0.6) is 0 Å². The number of aromatic nitrogens is 2. The Balaban J connectivity index is 0.00000160. The molecule has 0 saturated carbocycles. The summed E-state index contributed by atoms with van der Waals surface area (Å²) in [5, 5.41) is 3.60. The minimum Gasteiger partial charge on any atom is -0.399 e. The van der Waals surface area contributed by atoms with Gasteiger partial charge in [-0.1, -0.05) is 68.5 Å². The molecular weight excluding hydrogens is 553 g/mol. The zero-order valence-corrected chi connectivity index (χ0v) is 27.0. The van der Waals surface area contributed by atoms with Crippen LogP contribution in [0.15, 0.2) is 114 Å². The summed E-state index contributed by atoms with van der Waals surface area (Å²) in [6, 6.07) is 32.8. The van der Waals surface area contributed by atoms with E-state index in [9.17, 15) is 0 Å². The summed E-state index contributed by atoms with van der Waals surface area (Å²) >= 11 is 0. The molecule has 4 aromatic carbocycles. The van der Waals surface area contributed by atoms with E-state index in [1.165, 1.54) is 32.8 Å². The molecule has 2 aromatic heterocycles.